The van der Waals surface area contributed by atoms with E-state index in [1.54, 1.807) is 0 Å². The van der Waals surface area contributed by atoms with Crippen LogP contribution in [-0.4, -0.2) is 47.7 Å². The van der Waals surface area contributed by atoms with Crippen LogP contribution in [0.1, 0.15) is 18.4 Å². The van der Waals surface area contributed by atoms with Gasteiger partial charge in [0.05, 0.1) is 5.75 Å². The summed E-state index contributed by atoms with van der Waals surface area (Å²) in [6.07, 6.45) is 0.844. The Morgan fingerprint density at radius 2 is 2.17 bits per heavy atom. The number of carbonyl (C=O) groups is 1. The van der Waals surface area contributed by atoms with E-state index in [1.807, 2.05) is 6.92 Å². The minimum absolute atomic E-state index is 0.133. The maximum atomic E-state index is 11.5. The molecule has 0 unspecified atom stereocenters. The molecule has 9 heteroatoms. The Labute approximate surface area is 109 Å². The highest BCUT2D eigenvalue weighted by atomic mass is 32.2. The van der Waals surface area contributed by atoms with Gasteiger partial charge in [-0.25, -0.2) is 8.42 Å². The molecule has 102 valence electrons. The average Bonchev–Trinajstić information content (AvgIpc) is 2.73. The fraction of sp³-hybridized carbons (Fsp3) is 0.667. The molecule has 1 heterocycles. The summed E-state index contributed by atoms with van der Waals surface area (Å²) in [5, 5.41) is 19.5. The monoisotopic (exact) mass is 293 g/mol. The highest BCUT2D eigenvalue weighted by Crippen LogP contribution is 2.15. The molecular weight excluding hydrogens is 278 g/mol. The summed E-state index contributed by atoms with van der Waals surface area (Å²) in [5.41, 5.74) is 0. The maximum Gasteiger partial charge on any atom is 0.241 e. The molecule has 1 amide bonds. The van der Waals surface area contributed by atoms with Crippen molar-refractivity contribution in [2.45, 2.75) is 19.8 Å². The number of nitrogens with one attached hydrogen (secondary N) is 1. The Bertz CT molecular complexity index is 498. The summed E-state index contributed by atoms with van der Waals surface area (Å²) in [7, 11) is -3.48. The summed E-state index contributed by atoms with van der Waals surface area (Å²) < 4.78 is 22.9. The first-order valence-corrected chi connectivity index (χ1v) is 8.04. The van der Waals surface area contributed by atoms with Crippen LogP contribution in [0.3, 0.4) is 0 Å². The largest absolute Gasteiger partial charge is 0.396 e. The molecule has 0 atom stereocenters. The smallest absolute Gasteiger partial charge is 0.241 e. The van der Waals surface area contributed by atoms with E-state index >= 15 is 0 Å². The molecule has 2 N–H and O–H groups in total. The number of aromatic nitrogens is 2. The lowest BCUT2D eigenvalue weighted by Gasteiger charge is -2.02. The topological polar surface area (TPSA) is 109 Å². The second-order valence-electron chi connectivity index (χ2n) is 3.57. The van der Waals surface area contributed by atoms with Crippen molar-refractivity contribution in [2.75, 3.05) is 23.4 Å². The molecule has 0 aliphatic rings. The molecule has 0 radical (unpaired) electrons. The number of sulfone groups is 1. The van der Waals surface area contributed by atoms with Crippen LogP contribution >= 0.6 is 11.3 Å². The van der Waals surface area contributed by atoms with Crippen molar-refractivity contribution < 1.29 is 18.3 Å². The number of aryl methyl sites for hydroxylation is 1. The van der Waals surface area contributed by atoms with E-state index in [4.69, 9.17) is 5.11 Å². The molecule has 0 spiro atoms. The van der Waals surface area contributed by atoms with Crippen LogP contribution in [0.4, 0.5) is 5.13 Å². The van der Waals surface area contributed by atoms with Gasteiger partial charge in [-0.05, 0) is 12.8 Å². The normalized spacial score (nSPS) is 11.4. The first kappa shape index (κ1) is 15.0. The van der Waals surface area contributed by atoms with E-state index in [0.29, 0.717) is 11.6 Å². The molecule has 0 saturated heterocycles. The molecule has 0 saturated carbocycles. The van der Waals surface area contributed by atoms with Gasteiger partial charge in [0.15, 0.2) is 9.84 Å². The van der Waals surface area contributed by atoms with Gasteiger partial charge in [0.2, 0.25) is 11.0 Å². The molecule has 0 aliphatic carbocycles. The third kappa shape index (κ3) is 5.07. The Morgan fingerprint density at radius 1 is 1.44 bits per heavy atom. The Balaban J connectivity index is 2.51. The number of carbonyl (C=O) groups excluding carboxylic acids is 1. The molecule has 0 bridgehead atoms. The molecule has 7 nitrogen and oxygen atoms in total. The first-order valence-electron chi connectivity index (χ1n) is 5.40. The second kappa shape index (κ2) is 6.76. The number of nitrogens with zero attached hydrogens (tertiary/aromatic N) is 2. The van der Waals surface area contributed by atoms with Crippen LogP contribution in [0.15, 0.2) is 0 Å². The van der Waals surface area contributed by atoms with Crippen LogP contribution in [0, 0.1) is 0 Å². The van der Waals surface area contributed by atoms with Gasteiger partial charge in [0.1, 0.15) is 10.8 Å². The Hall–Kier alpha value is -1.06. The molecule has 0 fully saturated rings. The van der Waals surface area contributed by atoms with Gasteiger partial charge in [-0.15, -0.1) is 10.2 Å². The fourth-order valence-electron chi connectivity index (χ4n) is 1.16. The van der Waals surface area contributed by atoms with Crippen molar-refractivity contribution in [1.82, 2.24) is 10.2 Å². The van der Waals surface area contributed by atoms with E-state index in [-0.39, 0.29) is 18.8 Å². The molecule has 1 aromatic rings. The van der Waals surface area contributed by atoms with E-state index in [9.17, 15) is 13.2 Å². The number of anilines is 1. The van der Waals surface area contributed by atoms with Gasteiger partial charge in [-0.2, -0.15) is 0 Å². The highest BCUT2D eigenvalue weighted by molar-refractivity contribution is 7.92. The summed E-state index contributed by atoms with van der Waals surface area (Å²) in [6, 6.07) is 0. The SMILES string of the molecule is CCc1nnc(NC(=O)CS(=O)(=O)CCCO)s1. The number of aliphatic hydroxyl groups is 1. The van der Waals surface area contributed by atoms with Gasteiger partial charge in [0.25, 0.3) is 0 Å². The fourth-order valence-corrected chi connectivity index (χ4v) is 3.04. The van der Waals surface area contributed by atoms with Gasteiger partial charge in [-0.1, -0.05) is 18.3 Å². The molecule has 0 aliphatic heterocycles. The molecular formula is C9H15N3O4S2. The van der Waals surface area contributed by atoms with E-state index in [0.717, 1.165) is 5.01 Å². The highest BCUT2D eigenvalue weighted by Gasteiger charge is 2.17. The zero-order chi connectivity index (χ0) is 13.6. The quantitative estimate of drug-likeness (QED) is 0.722. The minimum Gasteiger partial charge on any atom is -0.396 e. The van der Waals surface area contributed by atoms with Crippen LogP contribution in [-0.2, 0) is 21.1 Å². The Morgan fingerprint density at radius 3 is 2.72 bits per heavy atom. The van der Waals surface area contributed by atoms with Crippen LogP contribution < -0.4 is 5.32 Å². The standard InChI is InChI=1S/C9H15N3O4S2/c1-2-8-11-12-9(17-8)10-7(14)6-18(15,16)5-3-4-13/h13H,2-6H2,1H3,(H,10,12,14). The summed E-state index contributed by atoms with van der Waals surface area (Å²) in [4.78, 5) is 11.5. The van der Waals surface area contributed by atoms with E-state index in [2.05, 4.69) is 15.5 Å². The van der Waals surface area contributed by atoms with Crippen LogP contribution in [0.2, 0.25) is 0 Å². The molecule has 1 aromatic heterocycles. The first-order chi connectivity index (χ1) is 8.46. The lowest BCUT2D eigenvalue weighted by molar-refractivity contribution is -0.113. The lowest BCUT2D eigenvalue weighted by atomic mass is 10.5. The van der Waals surface area contributed by atoms with Crippen molar-refractivity contribution in [1.29, 1.82) is 0 Å². The molecule has 1 rings (SSSR count). The molecule has 0 aromatic carbocycles. The average molecular weight is 293 g/mol. The predicted octanol–water partition coefficient (Wildman–Crippen LogP) is -0.164. The maximum absolute atomic E-state index is 11.5. The Kier molecular flexibility index (Phi) is 5.63. The zero-order valence-corrected chi connectivity index (χ0v) is 11.6. The minimum atomic E-state index is -3.48. The van der Waals surface area contributed by atoms with Crippen molar-refractivity contribution in [3.63, 3.8) is 0 Å². The summed E-state index contributed by atoms with van der Waals surface area (Å²) in [6.45, 7) is 1.70. The van der Waals surface area contributed by atoms with Crippen LogP contribution in [0.5, 0.6) is 0 Å². The van der Waals surface area contributed by atoms with Crippen molar-refractivity contribution in [3.8, 4) is 0 Å². The van der Waals surface area contributed by atoms with Gasteiger partial charge < -0.3 is 5.11 Å². The van der Waals surface area contributed by atoms with Crippen molar-refractivity contribution >= 4 is 32.2 Å². The van der Waals surface area contributed by atoms with Crippen LogP contribution in [0.25, 0.3) is 0 Å². The number of amides is 1. The number of rotatable bonds is 7. The lowest BCUT2D eigenvalue weighted by Crippen LogP contribution is -2.25. The van der Waals surface area contributed by atoms with Gasteiger partial charge >= 0.3 is 0 Å². The number of hydrogen-bond donors (Lipinski definition) is 2. The van der Waals surface area contributed by atoms with Crippen molar-refractivity contribution in [2.24, 2.45) is 0 Å². The summed E-state index contributed by atoms with van der Waals surface area (Å²) >= 11 is 1.22. The van der Waals surface area contributed by atoms with Gasteiger partial charge in [0, 0.05) is 6.61 Å². The van der Waals surface area contributed by atoms with E-state index in [1.165, 1.54) is 11.3 Å². The predicted molar refractivity (Wildman–Crippen MR) is 68.3 cm³/mol. The third-order valence-electron chi connectivity index (χ3n) is 1.98. The number of aliphatic hydroxyl groups excluding tert-OH is 1. The zero-order valence-electron chi connectivity index (χ0n) is 9.92. The number of hydrogen-bond acceptors (Lipinski definition) is 7. The summed E-state index contributed by atoms with van der Waals surface area (Å²) in [5.74, 6) is -1.44. The van der Waals surface area contributed by atoms with E-state index < -0.39 is 21.5 Å². The van der Waals surface area contributed by atoms with Crippen molar-refractivity contribution in [3.05, 3.63) is 5.01 Å². The second-order valence-corrected chi connectivity index (χ2v) is 6.82. The molecule has 18 heavy (non-hydrogen) atoms. The third-order valence-corrected chi connectivity index (χ3v) is 4.58. The van der Waals surface area contributed by atoms with Gasteiger partial charge in [-0.3, -0.25) is 10.1 Å².